The fourth-order valence-corrected chi connectivity index (χ4v) is 1.80. The highest BCUT2D eigenvalue weighted by atomic mass is 16.4. The fraction of sp³-hybridized carbons (Fsp3) is 0.250. The maximum absolute atomic E-state index is 11.7. The maximum atomic E-state index is 11.7. The van der Waals surface area contributed by atoms with Crippen molar-refractivity contribution in [3.8, 4) is 0 Å². The lowest BCUT2D eigenvalue weighted by atomic mass is 10.0. The molecule has 1 saturated heterocycles. The summed E-state index contributed by atoms with van der Waals surface area (Å²) in [6.07, 6.45) is 0.338. The predicted octanol–water partition coefficient (Wildman–Crippen LogP) is -0.703. The van der Waals surface area contributed by atoms with Gasteiger partial charge in [0, 0.05) is 6.42 Å². The van der Waals surface area contributed by atoms with E-state index in [1.165, 1.54) is 0 Å². The average molecular weight is 248 g/mol. The lowest BCUT2D eigenvalue weighted by molar-refractivity contribution is -0.149. The first-order chi connectivity index (χ1) is 8.58. The van der Waals surface area contributed by atoms with E-state index >= 15 is 0 Å². The zero-order chi connectivity index (χ0) is 13.1. The lowest BCUT2D eigenvalue weighted by Crippen LogP contribution is -2.64. The summed E-state index contributed by atoms with van der Waals surface area (Å²) < 4.78 is 0. The van der Waals surface area contributed by atoms with Crippen LogP contribution in [0, 0.1) is 0 Å². The van der Waals surface area contributed by atoms with Crippen molar-refractivity contribution in [2.75, 3.05) is 0 Å². The van der Waals surface area contributed by atoms with Gasteiger partial charge in [0.2, 0.25) is 11.9 Å². The Bertz CT molecular complexity index is 486. The minimum Gasteiger partial charge on any atom is -0.479 e. The van der Waals surface area contributed by atoms with Gasteiger partial charge in [0.15, 0.2) is 0 Å². The third-order valence-corrected chi connectivity index (χ3v) is 2.71. The van der Waals surface area contributed by atoms with Gasteiger partial charge in [-0.05, 0) is 5.56 Å². The van der Waals surface area contributed by atoms with Gasteiger partial charge < -0.3 is 15.7 Å². The second-order valence-corrected chi connectivity index (χ2v) is 4.03. The van der Waals surface area contributed by atoms with Crippen LogP contribution in [0.1, 0.15) is 5.56 Å². The Morgan fingerprint density at radius 1 is 1.11 bits per heavy atom. The van der Waals surface area contributed by atoms with E-state index in [0.29, 0.717) is 6.42 Å². The highest BCUT2D eigenvalue weighted by Crippen LogP contribution is 2.06. The molecule has 1 aliphatic rings. The van der Waals surface area contributed by atoms with Crippen LogP contribution >= 0.6 is 0 Å². The summed E-state index contributed by atoms with van der Waals surface area (Å²) in [6.45, 7) is 0. The number of carboxylic acids is 1. The fourth-order valence-electron chi connectivity index (χ4n) is 1.80. The van der Waals surface area contributed by atoms with Crippen molar-refractivity contribution in [2.24, 2.45) is 0 Å². The molecule has 1 aromatic rings. The highest BCUT2D eigenvalue weighted by molar-refractivity contribution is 6.08. The van der Waals surface area contributed by atoms with Crippen LogP contribution < -0.4 is 10.6 Å². The van der Waals surface area contributed by atoms with E-state index in [9.17, 15) is 14.4 Å². The SMILES string of the molecule is O=C1NC(C(=O)O)C(=O)NC1Cc1ccccc1. The van der Waals surface area contributed by atoms with E-state index in [2.05, 4.69) is 10.6 Å². The summed E-state index contributed by atoms with van der Waals surface area (Å²) in [5, 5.41) is 13.3. The van der Waals surface area contributed by atoms with Gasteiger partial charge in [-0.15, -0.1) is 0 Å². The molecule has 0 bridgehead atoms. The van der Waals surface area contributed by atoms with Gasteiger partial charge in [-0.25, -0.2) is 4.79 Å². The van der Waals surface area contributed by atoms with Crippen LogP contribution in [0.15, 0.2) is 30.3 Å². The van der Waals surface area contributed by atoms with E-state index in [0.717, 1.165) is 5.56 Å². The first-order valence-corrected chi connectivity index (χ1v) is 5.45. The number of benzene rings is 1. The maximum Gasteiger partial charge on any atom is 0.336 e. The number of carboxylic acid groups (broad SMARTS) is 1. The Labute approximate surface area is 103 Å². The van der Waals surface area contributed by atoms with Crippen molar-refractivity contribution in [2.45, 2.75) is 18.5 Å². The summed E-state index contributed by atoms with van der Waals surface area (Å²) in [6, 6.07) is 6.96. The molecule has 0 spiro atoms. The molecule has 94 valence electrons. The van der Waals surface area contributed by atoms with E-state index in [4.69, 9.17) is 5.11 Å². The molecule has 2 rings (SSSR count). The van der Waals surface area contributed by atoms with Gasteiger partial charge in [-0.3, -0.25) is 9.59 Å². The minimum absolute atomic E-state index is 0.338. The van der Waals surface area contributed by atoms with Crippen molar-refractivity contribution < 1.29 is 19.5 Å². The molecule has 1 aliphatic heterocycles. The zero-order valence-corrected chi connectivity index (χ0v) is 9.42. The second-order valence-electron chi connectivity index (χ2n) is 4.03. The minimum atomic E-state index is -1.50. The summed E-state index contributed by atoms with van der Waals surface area (Å²) in [5.41, 5.74) is 0.895. The molecule has 2 amide bonds. The van der Waals surface area contributed by atoms with Crippen LogP contribution in [0.4, 0.5) is 0 Å². The molecule has 6 heteroatoms. The number of piperazine rings is 1. The number of carbonyl (C=O) groups excluding carboxylic acids is 2. The number of hydrogen-bond donors (Lipinski definition) is 3. The number of nitrogens with one attached hydrogen (secondary N) is 2. The molecule has 2 unspecified atom stereocenters. The second kappa shape index (κ2) is 4.87. The third-order valence-electron chi connectivity index (χ3n) is 2.71. The number of amides is 2. The molecule has 1 aromatic carbocycles. The molecular weight excluding hydrogens is 236 g/mol. The van der Waals surface area contributed by atoms with Crippen molar-refractivity contribution in [1.29, 1.82) is 0 Å². The first kappa shape index (κ1) is 12.1. The Morgan fingerprint density at radius 3 is 2.39 bits per heavy atom. The zero-order valence-electron chi connectivity index (χ0n) is 9.42. The van der Waals surface area contributed by atoms with Gasteiger partial charge in [0.05, 0.1) is 0 Å². The normalized spacial score (nSPS) is 23.1. The molecule has 1 fully saturated rings. The number of aliphatic carboxylic acids is 1. The molecule has 0 saturated carbocycles. The van der Waals surface area contributed by atoms with Crippen molar-refractivity contribution in [3.05, 3.63) is 35.9 Å². The van der Waals surface area contributed by atoms with Crippen LogP contribution in [-0.4, -0.2) is 35.0 Å². The van der Waals surface area contributed by atoms with Crippen LogP contribution in [0.3, 0.4) is 0 Å². The van der Waals surface area contributed by atoms with Gasteiger partial charge >= 0.3 is 5.97 Å². The number of carbonyl (C=O) groups is 3. The molecule has 3 N–H and O–H groups in total. The summed E-state index contributed by atoms with van der Waals surface area (Å²) in [7, 11) is 0. The molecule has 0 aromatic heterocycles. The number of rotatable bonds is 3. The van der Waals surface area contributed by atoms with Gasteiger partial charge in [0.1, 0.15) is 6.04 Å². The van der Waals surface area contributed by atoms with Gasteiger partial charge in [-0.2, -0.15) is 0 Å². The van der Waals surface area contributed by atoms with Gasteiger partial charge in [-0.1, -0.05) is 30.3 Å². The van der Waals surface area contributed by atoms with E-state index in [1.807, 2.05) is 30.3 Å². The monoisotopic (exact) mass is 248 g/mol. The Balaban J connectivity index is 2.06. The van der Waals surface area contributed by atoms with E-state index in [1.54, 1.807) is 0 Å². The predicted molar refractivity (Wildman–Crippen MR) is 61.6 cm³/mol. The molecule has 6 nitrogen and oxygen atoms in total. The topological polar surface area (TPSA) is 95.5 Å². The molecule has 0 radical (unpaired) electrons. The Morgan fingerprint density at radius 2 is 1.78 bits per heavy atom. The van der Waals surface area contributed by atoms with E-state index < -0.39 is 29.9 Å². The van der Waals surface area contributed by atoms with Crippen LogP contribution in [0.2, 0.25) is 0 Å². The molecular formula is C12H12N2O4. The third kappa shape index (κ3) is 2.48. The summed E-state index contributed by atoms with van der Waals surface area (Å²) in [5.74, 6) is -2.53. The lowest BCUT2D eigenvalue weighted by Gasteiger charge is -2.27. The van der Waals surface area contributed by atoms with Crippen LogP contribution in [0.25, 0.3) is 0 Å². The standard InChI is InChI=1S/C12H12N2O4/c15-10-8(6-7-4-2-1-3-5-7)13-11(16)9(14-10)12(17)18/h1-5,8-9H,6H2,(H,13,16)(H,14,15)(H,17,18). The van der Waals surface area contributed by atoms with Crippen molar-refractivity contribution in [1.82, 2.24) is 10.6 Å². The average Bonchev–Trinajstić information content (AvgIpc) is 2.34. The largest absolute Gasteiger partial charge is 0.479 e. The number of hydrogen-bond acceptors (Lipinski definition) is 3. The molecule has 1 heterocycles. The summed E-state index contributed by atoms with van der Waals surface area (Å²) in [4.78, 5) is 33.8. The van der Waals surface area contributed by atoms with Crippen molar-refractivity contribution >= 4 is 17.8 Å². The Kier molecular flexibility index (Phi) is 3.27. The van der Waals surface area contributed by atoms with E-state index in [-0.39, 0.29) is 0 Å². The van der Waals surface area contributed by atoms with Crippen LogP contribution in [0.5, 0.6) is 0 Å². The van der Waals surface area contributed by atoms with Crippen LogP contribution in [-0.2, 0) is 20.8 Å². The summed E-state index contributed by atoms with van der Waals surface area (Å²) >= 11 is 0. The molecule has 2 atom stereocenters. The van der Waals surface area contributed by atoms with Gasteiger partial charge in [0.25, 0.3) is 5.91 Å². The quantitative estimate of drug-likeness (QED) is 0.616. The molecule has 18 heavy (non-hydrogen) atoms. The first-order valence-electron chi connectivity index (χ1n) is 5.45. The van der Waals surface area contributed by atoms with Crippen molar-refractivity contribution in [3.63, 3.8) is 0 Å². The smallest absolute Gasteiger partial charge is 0.336 e. The molecule has 0 aliphatic carbocycles. The Hall–Kier alpha value is -2.37. The highest BCUT2D eigenvalue weighted by Gasteiger charge is 2.37.